The van der Waals surface area contributed by atoms with Gasteiger partial charge in [-0.1, -0.05) is 4.98 Å². The van der Waals surface area contributed by atoms with Gasteiger partial charge in [-0.3, -0.25) is 51.4 Å². The largest absolute Gasteiger partial charge is 0.490 e. The zero-order valence-corrected chi connectivity index (χ0v) is 43.3. The fourth-order valence-electron chi connectivity index (χ4n) is 8.57. The smallest absolute Gasteiger partial charge is 0.387 e. The summed E-state index contributed by atoms with van der Waals surface area (Å²) in [5, 5.41) is 32.0. The molecule has 0 aliphatic carbocycles. The molecule has 6 aromatic rings. The van der Waals surface area contributed by atoms with Crippen molar-refractivity contribution in [3.8, 4) is 0 Å². The molecule has 0 bridgehead atoms. The van der Waals surface area contributed by atoms with Gasteiger partial charge in [0, 0.05) is 7.11 Å². The second-order valence-corrected chi connectivity index (χ2v) is 23.7. The number of phosphoric ester groups is 3. The maximum absolute atomic E-state index is 13.7. The van der Waals surface area contributed by atoms with E-state index < -0.39 is 135 Å². The number of H-pyrrole nitrogens is 2. The molecule has 3 aliphatic rings. The van der Waals surface area contributed by atoms with Crippen molar-refractivity contribution in [3.63, 3.8) is 0 Å². The summed E-state index contributed by atoms with van der Waals surface area (Å²) in [5.41, 5.74) is 15.8. The number of phosphoric acid groups is 4. The molecule has 7 unspecified atom stereocenters. The van der Waals surface area contributed by atoms with Gasteiger partial charge in [0.05, 0.1) is 44.8 Å². The molecule has 16 atom stereocenters. The number of nitrogens with one attached hydrogen (secondary N) is 2. The number of hydrogen-bond acceptors (Lipinski definition) is 29. The molecule has 0 spiro atoms. The van der Waals surface area contributed by atoms with E-state index in [0.29, 0.717) is 0 Å². The zero-order valence-electron chi connectivity index (χ0n) is 38.9. The third-order valence-corrected chi connectivity index (χ3v) is 18.2. The molecule has 38 nitrogen and oxygen atoms in total. The summed E-state index contributed by atoms with van der Waals surface area (Å²) in [6, 6.07) is 0. The quantitative estimate of drug-likeness (QED) is 0.0263. The van der Waals surface area contributed by atoms with Crippen LogP contribution in [0.5, 0.6) is 0 Å². The third kappa shape index (κ3) is 11.1. The number of hydrogen-bond donors (Lipinski definition) is 12. The van der Waals surface area contributed by atoms with E-state index in [0.717, 1.165) is 42.4 Å². The molecule has 0 amide bonds. The van der Waals surface area contributed by atoms with Crippen molar-refractivity contribution < 1.29 is 103 Å². The van der Waals surface area contributed by atoms with Crippen LogP contribution >= 0.6 is 43.1 Å². The van der Waals surface area contributed by atoms with E-state index in [1.54, 1.807) is 6.26 Å². The fourth-order valence-corrected chi connectivity index (χ4v) is 13.9. The Bertz CT molecular complexity index is 3490. The Hall–Kier alpha value is -4.76. The van der Waals surface area contributed by atoms with Gasteiger partial charge in [-0.15, -0.1) is 0 Å². The first-order valence-electron chi connectivity index (χ1n) is 21.5. The number of anilines is 3. The Morgan fingerprint density at radius 1 is 0.711 bits per heavy atom. The van der Waals surface area contributed by atoms with Crippen LogP contribution in [0.3, 0.4) is 0 Å². The number of rotatable bonds is 20. The summed E-state index contributed by atoms with van der Waals surface area (Å²) in [6.45, 7) is -3.12. The minimum atomic E-state index is -6.15. The predicted octanol–water partition coefficient (Wildman–Crippen LogP) is -3.34. The molecular weight excluding hydrogens is 1130 g/mol. The number of aryl methyl sites for hydroxylation is 1. The Kier molecular flexibility index (Phi) is 15.6. The highest BCUT2D eigenvalue weighted by atomic mass is 32.2. The van der Waals surface area contributed by atoms with E-state index in [9.17, 15) is 62.7 Å². The summed E-state index contributed by atoms with van der Waals surface area (Å²) in [4.78, 5) is 96.3. The van der Waals surface area contributed by atoms with Crippen molar-refractivity contribution in [2.75, 3.05) is 50.4 Å². The molecule has 43 heteroatoms. The van der Waals surface area contributed by atoms with E-state index in [1.807, 2.05) is 0 Å². The molecule has 3 saturated heterocycles. The first-order chi connectivity index (χ1) is 35.7. The van der Waals surface area contributed by atoms with Crippen LogP contribution in [0.2, 0.25) is 0 Å². The van der Waals surface area contributed by atoms with Crippen molar-refractivity contribution in [1.82, 2.24) is 53.6 Å². The molecular formula is C33H46N15O23P4S+. The van der Waals surface area contributed by atoms with Crippen LogP contribution in [-0.4, -0.2) is 176 Å². The summed E-state index contributed by atoms with van der Waals surface area (Å²) in [6.07, 6.45) is -11.0. The maximum atomic E-state index is 13.7. The van der Waals surface area contributed by atoms with Crippen molar-refractivity contribution in [3.05, 3.63) is 46.0 Å². The molecule has 416 valence electrons. The molecule has 76 heavy (non-hydrogen) atoms. The highest BCUT2D eigenvalue weighted by molar-refractivity contribution is 7.99. The number of aromatic nitrogens is 12. The maximum Gasteiger partial charge on any atom is 0.490 e. The number of nitrogen functional groups attached to an aromatic ring is 3. The summed E-state index contributed by atoms with van der Waals surface area (Å²) in [7, 11) is -20.7. The van der Waals surface area contributed by atoms with Crippen LogP contribution in [0.25, 0.3) is 33.5 Å². The highest BCUT2D eigenvalue weighted by Crippen LogP contribution is 2.68. The molecule has 3 fully saturated rings. The first-order valence-corrected chi connectivity index (χ1v) is 28.8. The SMILES string of the molecule is CO[C@H]1C(OP(=O)(O)OC[C@H]2O[C@@H](n3cnc4c(=O)[nH]c(N)nc43)C(O)[C@H]2O)[C@@H](COP(=O)(O)OP(=O)(O)OP(=O)(O)OC[C@H]2O[C@@H]([n+]3cn(C)c4c(=O)[nH]c(N)nc43)[C@@H](O)C2SC)O[C@H]1n1cnc2c(N)ncnc21. The molecule has 0 radical (unpaired) electrons. The van der Waals surface area contributed by atoms with Gasteiger partial charge in [-0.25, -0.2) is 42.8 Å². The van der Waals surface area contributed by atoms with E-state index in [4.69, 9.17) is 54.2 Å². The predicted molar refractivity (Wildman–Crippen MR) is 250 cm³/mol. The molecule has 3 aliphatic heterocycles. The topological polar surface area (TPSA) is 542 Å². The van der Waals surface area contributed by atoms with E-state index in [1.165, 1.54) is 27.1 Å². The standard InChI is InChI=1S/C33H45N15O23P4S/c1-45-10-48(26-16(45)28(53)44-33(36)42-26)30-19(51)22(76-3)13(68-30)6-65-74(58,59)71-75(60,61)70-73(56,57)64-5-12-20(21(62-2)31(67-12)46-8-39-14-23(34)37-7-38-24(14)46)69-72(54,55)63-4-11-17(49)18(50)29(66-11)47-9-40-15-25(47)41-32(35)43-27(15)52/h7-13,17-22,29-31,49-51H,4-6H2,1-3H3,(H11-,34,35,36,37,38,41,42,43,44,52,53,54,55,56,57,58,59,60,61)/p+1/t11-,12-,13-,17+,18?,19+,20?,21+,22?,29-,30-,31-/m1/s1. The average molecular weight is 1180 g/mol. The Labute approximate surface area is 426 Å². The number of fused-ring (bicyclic) bond motifs is 3. The van der Waals surface area contributed by atoms with Gasteiger partial charge < -0.3 is 71.0 Å². The number of aromatic amines is 2. The molecule has 15 N–H and O–H groups in total. The summed E-state index contributed by atoms with van der Waals surface area (Å²) < 4.78 is 110. The van der Waals surface area contributed by atoms with Crippen LogP contribution in [0.4, 0.5) is 17.7 Å². The van der Waals surface area contributed by atoms with Gasteiger partial charge in [0.15, 0.2) is 41.4 Å². The van der Waals surface area contributed by atoms with Crippen molar-refractivity contribution in [2.24, 2.45) is 7.05 Å². The molecule has 0 saturated carbocycles. The number of thioether (sulfide) groups is 1. The van der Waals surface area contributed by atoms with Gasteiger partial charge in [0.1, 0.15) is 60.7 Å². The minimum absolute atomic E-state index is 0.00665. The number of aliphatic hydroxyl groups excluding tert-OH is 3. The number of aliphatic hydroxyl groups is 3. The molecule has 9 rings (SSSR count). The summed E-state index contributed by atoms with van der Waals surface area (Å²) in [5.74, 6) is -0.638. The van der Waals surface area contributed by atoms with Gasteiger partial charge in [0.25, 0.3) is 17.1 Å². The second kappa shape index (κ2) is 21.1. The average Bonchev–Trinajstić information content (AvgIpc) is 4.18. The zero-order chi connectivity index (χ0) is 55.0. The van der Waals surface area contributed by atoms with E-state index in [-0.39, 0.29) is 51.2 Å². The Morgan fingerprint density at radius 2 is 1.30 bits per heavy atom. The van der Waals surface area contributed by atoms with Crippen molar-refractivity contribution >= 4 is 94.3 Å². The van der Waals surface area contributed by atoms with Crippen LogP contribution in [0.1, 0.15) is 18.7 Å². The van der Waals surface area contributed by atoms with Crippen LogP contribution in [-0.2, 0) is 71.0 Å². The monoisotopic (exact) mass is 1180 g/mol. The van der Waals surface area contributed by atoms with Gasteiger partial charge in [-0.05, 0) is 6.26 Å². The first kappa shape index (κ1) is 56.0. The Balaban J connectivity index is 0.866. The molecule has 6 aromatic heterocycles. The van der Waals surface area contributed by atoms with Crippen LogP contribution < -0.4 is 32.9 Å². The minimum Gasteiger partial charge on any atom is -0.387 e. The molecule has 0 aromatic carbocycles. The lowest BCUT2D eigenvalue weighted by Crippen LogP contribution is -2.45. The number of imidazole rings is 3. The number of nitrogens with zero attached hydrogens (tertiary/aromatic N) is 10. The number of nitrogens with two attached hydrogens (primary N) is 3. The highest BCUT2D eigenvalue weighted by Gasteiger charge is 2.54. The third-order valence-electron chi connectivity index (χ3n) is 11.8. The van der Waals surface area contributed by atoms with E-state index in [2.05, 4.69) is 48.5 Å². The number of methoxy groups -OCH3 is 1. The normalized spacial score (nSPS) is 30.2. The van der Waals surface area contributed by atoms with Crippen molar-refractivity contribution in [1.29, 1.82) is 0 Å². The molecule has 9 heterocycles. The number of ether oxygens (including phenoxy) is 4. The van der Waals surface area contributed by atoms with Crippen LogP contribution in [0, 0.1) is 0 Å². The lowest BCUT2D eigenvalue weighted by Gasteiger charge is -2.26. The van der Waals surface area contributed by atoms with Crippen molar-refractivity contribution in [2.45, 2.75) is 72.8 Å². The lowest BCUT2D eigenvalue weighted by atomic mass is 10.1. The van der Waals surface area contributed by atoms with Gasteiger partial charge in [-0.2, -0.15) is 25.4 Å². The Morgan fingerprint density at radius 3 is 1.97 bits per heavy atom. The van der Waals surface area contributed by atoms with Gasteiger partial charge in [0.2, 0.25) is 17.7 Å². The summed E-state index contributed by atoms with van der Waals surface area (Å²) >= 11 is 1.03. The van der Waals surface area contributed by atoms with Gasteiger partial charge >= 0.3 is 36.9 Å². The lowest BCUT2D eigenvalue weighted by molar-refractivity contribution is -0.745. The second-order valence-electron chi connectivity index (χ2n) is 16.7. The fraction of sp³-hybridized carbons (Fsp3) is 0.545. The van der Waals surface area contributed by atoms with Crippen LogP contribution in [0.15, 0.2) is 34.9 Å². The van der Waals surface area contributed by atoms with E-state index >= 15 is 0 Å².